The molecule has 4 rings (SSSR count). The van der Waals surface area contributed by atoms with E-state index in [-0.39, 0.29) is 11.2 Å². The Morgan fingerprint density at radius 3 is 2.69 bits per heavy atom. The maximum atomic E-state index is 13.1. The number of amides is 1. The number of hydrogen-bond acceptors (Lipinski definition) is 7. The third-order valence-electron chi connectivity index (χ3n) is 7.00. The van der Waals surface area contributed by atoms with Gasteiger partial charge in [0.25, 0.3) is 5.91 Å². The molecule has 32 heavy (non-hydrogen) atoms. The fourth-order valence-corrected chi connectivity index (χ4v) is 4.60. The number of anilines is 1. The van der Waals surface area contributed by atoms with Gasteiger partial charge in [-0.3, -0.25) is 24.8 Å². The van der Waals surface area contributed by atoms with Crippen molar-refractivity contribution >= 4 is 17.4 Å². The number of hydroxylamine groups is 1. The molecule has 2 aromatic heterocycles. The predicted molar refractivity (Wildman–Crippen MR) is 121 cm³/mol. The SMILES string of the molecule is CCN1CCC(C)(C(=O)Cc2cc(N3CCc4cc(C(=O)NO)cnc4C3)ccn2)CC1. The highest BCUT2D eigenvalue weighted by atomic mass is 16.5. The summed E-state index contributed by atoms with van der Waals surface area (Å²) < 4.78 is 0. The molecule has 0 atom stereocenters. The van der Waals surface area contributed by atoms with Crippen molar-refractivity contribution in [3.63, 3.8) is 0 Å². The molecule has 0 bridgehead atoms. The lowest BCUT2D eigenvalue weighted by Gasteiger charge is -2.38. The van der Waals surface area contributed by atoms with Crippen molar-refractivity contribution in [3.8, 4) is 0 Å². The van der Waals surface area contributed by atoms with Gasteiger partial charge in [0.1, 0.15) is 5.78 Å². The largest absolute Gasteiger partial charge is 0.365 e. The van der Waals surface area contributed by atoms with Gasteiger partial charge in [-0.2, -0.15) is 0 Å². The van der Waals surface area contributed by atoms with Crippen molar-refractivity contribution in [1.82, 2.24) is 20.3 Å². The number of piperidine rings is 1. The van der Waals surface area contributed by atoms with Crippen LogP contribution in [-0.2, 0) is 24.2 Å². The number of fused-ring (bicyclic) bond motifs is 1. The summed E-state index contributed by atoms with van der Waals surface area (Å²) in [4.78, 5) is 38.3. The first-order chi connectivity index (χ1) is 15.4. The van der Waals surface area contributed by atoms with E-state index in [1.807, 2.05) is 12.1 Å². The monoisotopic (exact) mass is 437 g/mol. The first-order valence-corrected chi connectivity index (χ1v) is 11.3. The summed E-state index contributed by atoms with van der Waals surface area (Å²) in [7, 11) is 0. The van der Waals surface area contributed by atoms with Crippen molar-refractivity contribution in [2.75, 3.05) is 31.1 Å². The Labute approximate surface area is 188 Å². The highest BCUT2D eigenvalue weighted by molar-refractivity contribution is 5.93. The van der Waals surface area contributed by atoms with E-state index in [2.05, 4.69) is 33.6 Å². The molecule has 0 aliphatic carbocycles. The minimum atomic E-state index is -0.555. The van der Waals surface area contributed by atoms with Crippen molar-refractivity contribution < 1.29 is 14.8 Å². The number of aromatic nitrogens is 2. The van der Waals surface area contributed by atoms with Gasteiger partial charge in [-0.1, -0.05) is 13.8 Å². The average Bonchev–Trinajstić information content (AvgIpc) is 2.83. The van der Waals surface area contributed by atoms with E-state index in [0.29, 0.717) is 18.5 Å². The van der Waals surface area contributed by atoms with E-state index < -0.39 is 5.91 Å². The zero-order valence-electron chi connectivity index (χ0n) is 18.8. The number of rotatable bonds is 6. The van der Waals surface area contributed by atoms with Crippen LogP contribution in [0.3, 0.4) is 0 Å². The van der Waals surface area contributed by atoms with Crippen LogP contribution in [0.1, 0.15) is 54.0 Å². The molecule has 1 fully saturated rings. The van der Waals surface area contributed by atoms with Crippen LogP contribution in [0.4, 0.5) is 5.69 Å². The summed E-state index contributed by atoms with van der Waals surface area (Å²) in [6.45, 7) is 8.67. The summed E-state index contributed by atoms with van der Waals surface area (Å²) in [6.07, 6.45) is 6.18. The maximum absolute atomic E-state index is 13.1. The molecule has 0 unspecified atom stereocenters. The molecule has 1 amide bonds. The Morgan fingerprint density at radius 2 is 1.97 bits per heavy atom. The summed E-state index contributed by atoms with van der Waals surface area (Å²) in [5.41, 5.74) is 5.49. The molecular formula is C24H31N5O3. The minimum Gasteiger partial charge on any atom is -0.365 e. The van der Waals surface area contributed by atoms with E-state index in [0.717, 1.165) is 68.1 Å². The number of carbonyl (C=O) groups excluding carboxylic acids is 2. The van der Waals surface area contributed by atoms with E-state index in [4.69, 9.17) is 5.21 Å². The average molecular weight is 438 g/mol. The molecule has 0 radical (unpaired) electrons. The Balaban J connectivity index is 1.43. The molecule has 1 saturated heterocycles. The maximum Gasteiger partial charge on any atom is 0.276 e. The Kier molecular flexibility index (Phi) is 6.53. The van der Waals surface area contributed by atoms with Gasteiger partial charge in [0, 0.05) is 42.2 Å². The first-order valence-electron chi connectivity index (χ1n) is 11.3. The highest BCUT2D eigenvalue weighted by Crippen LogP contribution is 2.33. The van der Waals surface area contributed by atoms with E-state index >= 15 is 0 Å². The standard InChI is InChI=1S/C24H31N5O3/c1-3-28-10-6-24(2,7-11-28)22(30)14-19-13-20(4-8-25-19)29-9-5-17-12-18(23(31)27-32)15-26-21(17)16-29/h4,8,12-13,15,32H,3,5-7,9-11,14,16H2,1-2H3,(H,27,31). The van der Waals surface area contributed by atoms with Crippen molar-refractivity contribution in [2.45, 2.75) is 46.1 Å². The van der Waals surface area contributed by atoms with E-state index in [1.165, 1.54) is 6.20 Å². The van der Waals surface area contributed by atoms with Crippen LogP contribution in [0.15, 0.2) is 30.6 Å². The van der Waals surface area contributed by atoms with Crippen LogP contribution in [-0.4, -0.2) is 57.9 Å². The zero-order valence-corrected chi connectivity index (χ0v) is 18.8. The molecule has 0 aromatic carbocycles. The lowest BCUT2D eigenvalue weighted by atomic mass is 9.75. The molecular weight excluding hydrogens is 406 g/mol. The van der Waals surface area contributed by atoms with Crippen molar-refractivity contribution in [2.24, 2.45) is 5.41 Å². The number of Topliss-reactive ketones (excluding diaryl/α,β-unsaturated/α-hetero) is 1. The summed E-state index contributed by atoms with van der Waals surface area (Å²) in [6, 6.07) is 5.77. The predicted octanol–water partition coefficient (Wildman–Crippen LogP) is 2.39. The molecule has 0 saturated carbocycles. The third-order valence-corrected chi connectivity index (χ3v) is 7.00. The molecule has 2 aliphatic rings. The summed E-state index contributed by atoms with van der Waals surface area (Å²) in [5, 5.41) is 8.83. The van der Waals surface area contributed by atoms with Crippen molar-refractivity contribution in [3.05, 3.63) is 53.1 Å². The van der Waals surface area contributed by atoms with Crippen molar-refractivity contribution in [1.29, 1.82) is 0 Å². The number of nitrogens with zero attached hydrogens (tertiary/aromatic N) is 4. The first kappa shape index (κ1) is 22.4. The fourth-order valence-electron chi connectivity index (χ4n) is 4.60. The molecule has 2 aromatic rings. The lowest BCUT2D eigenvalue weighted by Crippen LogP contribution is -2.43. The molecule has 8 nitrogen and oxygen atoms in total. The van der Waals surface area contributed by atoms with Crippen LogP contribution >= 0.6 is 0 Å². The quantitative estimate of drug-likeness (QED) is 0.529. The summed E-state index contributed by atoms with van der Waals surface area (Å²) in [5.74, 6) is -0.279. The zero-order chi connectivity index (χ0) is 22.7. The number of ketones is 1. The van der Waals surface area contributed by atoms with Crippen LogP contribution < -0.4 is 10.4 Å². The number of hydrogen-bond donors (Lipinski definition) is 2. The summed E-state index contributed by atoms with van der Waals surface area (Å²) >= 11 is 0. The topological polar surface area (TPSA) is 98.7 Å². The number of nitrogens with one attached hydrogen (secondary N) is 1. The Morgan fingerprint density at radius 1 is 1.19 bits per heavy atom. The second-order valence-electron chi connectivity index (χ2n) is 9.04. The number of pyridine rings is 2. The number of likely N-dealkylation sites (tertiary alicyclic amines) is 1. The Hall–Kier alpha value is -2.84. The second kappa shape index (κ2) is 9.34. The Bertz CT molecular complexity index is 1000. The molecule has 0 spiro atoms. The molecule has 170 valence electrons. The normalized spacial score (nSPS) is 18.2. The lowest BCUT2D eigenvalue weighted by molar-refractivity contribution is -0.129. The van der Waals surface area contributed by atoms with Gasteiger partial charge in [0.05, 0.1) is 17.8 Å². The van der Waals surface area contributed by atoms with Crippen LogP contribution in [0.5, 0.6) is 0 Å². The molecule has 2 N–H and O–H groups in total. The minimum absolute atomic E-state index is 0.268. The molecule has 8 heteroatoms. The fraction of sp³-hybridized carbons (Fsp3) is 0.500. The van der Waals surface area contributed by atoms with Gasteiger partial charge < -0.3 is 9.80 Å². The number of carbonyl (C=O) groups is 2. The second-order valence-corrected chi connectivity index (χ2v) is 9.04. The molecule has 2 aliphatic heterocycles. The van der Waals surface area contributed by atoms with Crippen LogP contribution in [0.2, 0.25) is 0 Å². The van der Waals surface area contributed by atoms with Crippen LogP contribution in [0, 0.1) is 5.41 Å². The van der Waals surface area contributed by atoms with Gasteiger partial charge in [0.2, 0.25) is 0 Å². The van der Waals surface area contributed by atoms with Crippen LogP contribution in [0.25, 0.3) is 0 Å². The highest BCUT2D eigenvalue weighted by Gasteiger charge is 2.36. The van der Waals surface area contributed by atoms with E-state index in [1.54, 1.807) is 17.7 Å². The van der Waals surface area contributed by atoms with Gasteiger partial charge in [0.15, 0.2) is 0 Å². The van der Waals surface area contributed by atoms with Gasteiger partial charge in [-0.25, -0.2) is 5.48 Å². The molecule has 4 heterocycles. The smallest absolute Gasteiger partial charge is 0.276 e. The van der Waals surface area contributed by atoms with Gasteiger partial charge in [-0.05, 0) is 62.7 Å². The van der Waals surface area contributed by atoms with E-state index in [9.17, 15) is 9.59 Å². The van der Waals surface area contributed by atoms with Gasteiger partial charge >= 0.3 is 0 Å². The third kappa shape index (κ3) is 4.66. The van der Waals surface area contributed by atoms with Gasteiger partial charge in [-0.15, -0.1) is 0 Å².